The molecule has 0 bridgehead atoms. The standard InChI is InChI=1S/C10H12Br2ClNO2S/c1-6-3-9(12)10(4-8(6)11)17(15,16)14-5-7(2)13/h3-4,7,14H,5H2,1-2H3. The summed E-state index contributed by atoms with van der Waals surface area (Å²) in [7, 11) is -3.54. The van der Waals surface area contributed by atoms with E-state index < -0.39 is 10.0 Å². The van der Waals surface area contributed by atoms with Crippen molar-refractivity contribution in [1.82, 2.24) is 4.72 Å². The Kier molecular flexibility index (Phi) is 5.46. The normalized spacial score (nSPS) is 13.7. The van der Waals surface area contributed by atoms with Gasteiger partial charge in [0.1, 0.15) is 0 Å². The van der Waals surface area contributed by atoms with Crippen molar-refractivity contribution in [3.63, 3.8) is 0 Å². The zero-order chi connectivity index (χ0) is 13.2. The second-order valence-corrected chi connectivity index (χ2v) is 7.85. The van der Waals surface area contributed by atoms with E-state index in [1.807, 2.05) is 6.92 Å². The van der Waals surface area contributed by atoms with Crippen molar-refractivity contribution in [2.75, 3.05) is 6.54 Å². The van der Waals surface area contributed by atoms with Crippen LogP contribution in [-0.2, 0) is 10.0 Å². The highest BCUT2D eigenvalue weighted by atomic mass is 79.9. The summed E-state index contributed by atoms with van der Waals surface area (Å²) in [6.07, 6.45) is 0. The molecule has 1 N–H and O–H groups in total. The Morgan fingerprint density at radius 1 is 1.35 bits per heavy atom. The van der Waals surface area contributed by atoms with Crippen LogP contribution in [0.25, 0.3) is 0 Å². The Labute approximate surface area is 123 Å². The average molecular weight is 406 g/mol. The van der Waals surface area contributed by atoms with Crippen molar-refractivity contribution in [2.45, 2.75) is 24.1 Å². The molecule has 0 spiro atoms. The monoisotopic (exact) mass is 403 g/mol. The van der Waals surface area contributed by atoms with E-state index in [1.165, 1.54) is 0 Å². The smallest absolute Gasteiger partial charge is 0.210 e. The van der Waals surface area contributed by atoms with Crippen LogP contribution in [0.5, 0.6) is 0 Å². The number of nitrogens with one attached hydrogen (secondary N) is 1. The molecule has 17 heavy (non-hydrogen) atoms. The second-order valence-electron chi connectivity index (χ2n) is 3.66. The van der Waals surface area contributed by atoms with E-state index >= 15 is 0 Å². The van der Waals surface area contributed by atoms with E-state index in [4.69, 9.17) is 11.6 Å². The van der Waals surface area contributed by atoms with Crippen molar-refractivity contribution in [3.05, 3.63) is 26.6 Å². The van der Waals surface area contributed by atoms with Gasteiger partial charge in [0.2, 0.25) is 10.0 Å². The van der Waals surface area contributed by atoms with Gasteiger partial charge in [-0.15, -0.1) is 11.6 Å². The predicted octanol–water partition coefficient (Wildman–Crippen LogP) is 3.43. The number of benzene rings is 1. The molecule has 0 amide bonds. The fourth-order valence-electron chi connectivity index (χ4n) is 1.14. The van der Waals surface area contributed by atoms with Gasteiger partial charge < -0.3 is 0 Å². The molecule has 0 aliphatic rings. The van der Waals surface area contributed by atoms with E-state index in [1.54, 1.807) is 19.1 Å². The highest BCUT2D eigenvalue weighted by molar-refractivity contribution is 9.11. The van der Waals surface area contributed by atoms with Crippen LogP contribution < -0.4 is 4.72 Å². The molecule has 1 unspecified atom stereocenters. The number of hydrogen-bond acceptors (Lipinski definition) is 2. The first-order chi connectivity index (χ1) is 7.74. The van der Waals surface area contributed by atoms with Crippen LogP contribution in [0, 0.1) is 6.92 Å². The first kappa shape index (κ1) is 15.4. The Balaban J connectivity index is 3.11. The predicted molar refractivity (Wildman–Crippen MR) is 77.1 cm³/mol. The number of hydrogen-bond donors (Lipinski definition) is 1. The van der Waals surface area contributed by atoms with Crippen molar-refractivity contribution < 1.29 is 8.42 Å². The first-order valence-corrected chi connectivity index (χ1v) is 8.34. The van der Waals surface area contributed by atoms with E-state index in [0.717, 1.165) is 10.0 Å². The lowest BCUT2D eigenvalue weighted by Crippen LogP contribution is -2.29. The summed E-state index contributed by atoms with van der Waals surface area (Å²) in [6, 6.07) is 3.32. The fraction of sp³-hybridized carbons (Fsp3) is 0.400. The van der Waals surface area contributed by atoms with Gasteiger partial charge in [-0.05, 0) is 47.5 Å². The van der Waals surface area contributed by atoms with Crippen LogP contribution in [0.1, 0.15) is 12.5 Å². The van der Waals surface area contributed by atoms with Gasteiger partial charge in [-0.3, -0.25) is 0 Å². The Morgan fingerprint density at radius 3 is 2.47 bits per heavy atom. The van der Waals surface area contributed by atoms with Gasteiger partial charge in [0.25, 0.3) is 0 Å². The average Bonchev–Trinajstić information content (AvgIpc) is 2.20. The number of halogens is 3. The largest absolute Gasteiger partial charge is 0.241 e. The van der Waals surface area contributed by atoms with E-state index in [-0.39, 0.29) is 16.8 Å². The molecule has 96 valence electrons. The third kappa shape index (κ3) is 4.21. The van der Waals surface area contributed by atoms with Gasteiger partial charge in [-0.25, -0.2) is 13.1 Å². The molecule has 0 saturated heterocycles. The minimum atomic E-state index is -3.54. The van der Waals surface area contributed by atoms with Crippen molar-refractivity contribution in [2.24, 2.45) is 0 Å². The lowest BCUT2D eigenvalue weighted by atomic mass is 10.2. The quantitative estimate of drug-likeness (QED) is 0.780. The molecule has 1 rings (SSSR count). The van der Waals surface area contributed by atoms with E-state index in [2.05, 4.69) is 36.6 Å². The summed E-state index contributed by atoms with van der Waals surface area (Å²) in [4.78, 5) is 0.201. The topological polar surface area (TPSA) is 46.2 Å². The number of alkyl halides is 1. The maximum absolute atomic E-state index is 12.0. The third-order valence-electron chi connectivity index (χ3n) is 2.06. The molecule has 0 aliphatic carbocycles. The Bertz CT molecular complexity index is 517. The highest BCUT2D eigenvalue weighted by Crippen LogP contribution is 2.28. The van der Waals surface area contributed by atoms with Gasteiger partial charge in [-0.2, -0.15) is 0 Å². The zero-order valence-electron chi connectivity index (χ0n) is 9.30. The summed E-state index contributed by atoms with van der Waals surface area (Å²) in [5.41, 5.74) is 0.960. The lowest BCUT2D eigenvalue weighted by molar-refractivity contribution is 0.580. The van der Waals surface area contributed by atoms with Crippen molar-refractivity contribution >= 4 is 53.5 Å². The molecule has 0 radical (unpaired) electrons. The van der Waals surface area contributed by atoms with Gasteiger partial charge in [0.15, 0.2) is 0 Å². The van der Waals surface area contributed by atoms with Crippen molar-refractivity contribution in [3.8, 4) is 0 Å². The molecule has 0 saturated carbocycles. The number of aryl methyl sites for hydroxylation is 1. The van der Waals surface area contributed by atoms with E-state index in [0.29, 0.717) is 4.47 Å². The maximum Gasteiger partial charge on any atom is 0.241 e. The molecule has 0 aromatic heterocycles. The molecule has 3 nitrogen and oxygen atoms in total. The fourth-order valence-corrected chi connectivity index (χ4v) is 4.11. The molecule has 1 aromatic carbocycles. The summed E-state index contributed by atoms with van der Waals surface area (Å²) in [6.45, 7) is 3.81. The number of sulfonamides is 1. The Morgan fingerprint density at radius 2 is 1.94 bits per heavy atom. The first-order valence-electron chi connectivity index (χ1n) is 4.83. The van der Waals surface area contributed by atoms with Crippen LogP contribution in [0.3, 0.4) is 0 Å². The summed E-state index contributed by atoms with van der Waals surface area (Å²) < 4.78 is 27.7. The van der Waals surface area contributed by atoms with Crippen molar-refractivity contribution in [1.29, 1.82) is 0 Å². The molecular formula is C10H12Br2ClNO2S. The van der Waals surface area contributed by atoms with Crippen LogP contribution in [0.4, 0.5) is 0 Å². The lowest BCUT2D eigenvalue weighted by Gasteiger charge is -2.11. The van der Waals surface area contributed by atoms with Crippen LogP contribution >= 0.6 is 43.5 Å². The molecule has 7 heteroatoms. The molecule has 0 fully saturated rings. The second kappa shape index (κ2) is 6.02. The van der Waals surface area contributed by atoms with E-state index in [9.17, 15) is 8.42 Å². The molecule has 1 atom stereocenters. The Hall–Kier alpha value is 0.380. The summed E-state index contributed by atoms with van der Waals surface area (Å²) >= 11 is 12.3. The van der Waals surface area contributed by atoms with Gasteiger partial charge in [0, 0.05) is 20.9 Å². The van der Waals surface area contributed by atoms with Crippen LogP contribution in [-0.4, -0.2) is 20.3 Å². The maximum atomic E-state index is 12.0. The minimum absolute atomic E-state index is 0.196. The van der Waals surface area contributed by atoms with Crippen LogP contribution in [0.15, 0.2) is 26.0 Å². The summed E-state index contributed by atoms with van der Waals surface area (Å²) in [5, 5.41) is -0.252. The number of rotatable bonds is 4. The van der Waals surface area contributed by atoms with Gasteiger partial charge in [0.05, 0.1) is 4.90 Å². The molecule has 0 heterocycles. The van der Waals surface area contributed by atoms with Gasteiger partial charge >= 0.3 is 0 Å². The minimum Gasteiger partial charge on any atom is -0.210 e. The summed E-state index contributed by atoms with van der Waals surface area (Å²) in [5.74, 6) is 0. The molecular weight excluding hydrogens is 393 g/mol. The zero-order valence-corrected chi connectivity index (χ0v) is 14.0. The third-order valence-corrected chi connectivity index (χ3v) is 5.45. The van der Waals surface area contributed by atoms with Gasteiger partial charge in [-0.1, -0.05) is 15.9 Å². The highest BCUT2D eigenvalue weighted by Gasteiger charge is 2.19. The van der Waals surface area contributed by atoms with Crippen LogP contribution in [0.2, 0.25) is 0 Å². The SMILES string of the molecule is Cc1cc(Br)c(S(=O)(=O)NCC(C)Cl)cc1Br. The molecule has 0 aliphatic heterocycles. The molecule has 1 aromatic rings.